The van der Waals surface area contributed by atoms with Crippen LogP contribution < -0.4 is 10.1 Å². The highest BCUT2D eigenvalue weighted by molar-refractivity contribution is 5.73. The number of amides is 3. The topological polar surface area (TPSA) is 121 Å². The lowest BCUT2D eigenvalue weighted by Crippen LogP contribution is -2.34. The van der Waals surface area contributed by atoms with E-state index in [9.17, 15) is 19.4 Å². The van der Waals surface area contributed by atoms with Crippen molar-refractivity contribution in [3.63, 3.8) is 0 Å². The van der Waals surface area contributed by atoms with Gasteiger partial charge in [-0.25, -0.2) is 9.59 Å². The Morgan fingerprint density at radius 2 is 1.68 bits per heavy atom. The van der Waals surface area contributed by atoms with E-state index in [1.54, 1.807) is 24.3 Å². The number of ether oxygens (including phenoxy) is 1. The van der Waals surface area contributed by atoms with Crippen LogP contribution in [0.3, 0.4) is 0 Å². The molecule has 0 saturated heterocycles. The molecule has 3 amide bonds. The molecule has 10 heteroatoms. The largest absolute Gasteiger partial charge is 0.438 e. The summed E-state index contributed by atoms with van der Waals surface area (Å²) in [5.41, 5.74) is 0.878. The fourth-order valence-electron chi connectivity index (χ4n) is 1.39. The van der Waals surface area contributed by atoms with Gasteiger partial charge in [0.1, 0.15) is 5.75 Å². The monoisotopic (exact) mass is 309 g/mol. The van der Waals surface area contributed by atoms with Crippen molar-refractivity contribution in [2.24, 2.45) is 10.6 Å². The van der Waals surface area contributed by atoms with E-state index in [0.29, 0.717) is 23.0 Å². The van der Waals surface area contributed by atoms with Crippen LogP contribution >= 0.6 is 0 Å². The van der Waals surface area contributed by atoms with Crippen LogP contribution in [0.15, 0.2) is 34.8 Å². The molecule has 0 spiro atoms. The number of nitrogens with one attached hydrogen (secondary N) is 1. The molecule has 118 valence electrons. The van der Waals surface area contributed by atoms with Gasteiger partial charge in [0.2, 0.25) is 0 Å². The molecule has 0 bridgehead atoms. The summed E-state index contributed by atoms with van der Waals surface area (Å²) in [7, 11) is 2.42. The SMILES string of the molecule is CN(N=O)C(=O)NCCc1ccc(OC(=O)N(C)N=O)cc1. The lowest BCUT2D eigenvalue weighted by atomic mass is 10.1. The first-order chi connectivity index (χ1) is 10.5. The Labute approximate surface area is 125 Å². The van der Waals surface area contributed by atoms with Gasteiger partial charge in [0.05, 0.1) is 10.6 Å². The molecule has 0 fully saturated rings. The van der Waals surface area contributed by atoms with Gasteiger partial charge in [0.15, 0.2) is 0 Å². The summed E-state index contributed by atoms with van der Waals surface area (Å²) in [5.74, 6) is 0.262. The van der Waals surface area contributed by atoms with Crippen LogP contribution in [0.25, 0.3) is 0 Å². The Kier molecular flexibility index (Phi) is 6.41. The lowest BCUT2D eigenvalue weighted by Gasteiger charge is -2.10. The maximum Gasteiger partial charge on any atom is 0.438 e. The molecule has 1 rings (SSSR count). The minimum atomic E-state index is -0.889. The molecule has 0 aliphatic carbocycles. The molecule has 0 atom stereocenters. The number of urea groups is 1. The second kappa shape index (κ2) is 8.29. The molecular formula is C12H15N5O5. The van der Waals surface area contributed by atoms with Crippen molar-refractivity contribution >= 4 is 12.1 Å². The molecule has 0 aliphatic heterocycles. The Morgan fingerprint density at radius 3 is 2.23 bits per heavy atom. The van der Waals surface area contributed by atoms with Gasteiger partial charge in [0, 0.05) is 20.6 Å². The number of hydrogen-bond acceptors (Lipinski definition) is 7. The van der Waals surface area contributed by atoms with Gasteiger partial charge in [-0.05, 0) is 24.1 Å². The van der Waals surface area contributed by atoms with Crippen molar-refractivity contribution in [2.45, 2.75) is 6.42 Å². The third-order valence-corrected chi connectivity index (χ3v) is 2.62. The molecule has 0 heterocycles. The maximum atomic E-state index is 11.3. The van der Waals surface area contributed by atoms with Crippen molar-refractivity contribution in [1.29, 1.82) is 0 Å². The maximum absolute atomic E-state index is 11.3. The molecular weight excluding hydrogens is 294 g/mol. The van der Waals surface area contributed by atoms with Crippen LogP contribution in [-0.2, 0) is 6.42 Å². The molecule has 1 aromatic rings. The van der Waals surface area contributed by atoms with Gasteiger partial charge < -0.3 is 10.1 Å². The first kappa shape index (κ1) is 17.0. The molecule has 1 aromatic carbocycles. The minimum absolute atomic E-state index is 0.262. The number of nitroso groups, excluding NO2 is 2. The third kappa shape index (κ3) is 5.15. The molecule has 0 radical (unpaired) electrons. The van der Waals surface area contributed by atoms with Crippen molar-refractivity contribution in [3.05, 3.63) is 39.6 Å². The van der Waals surface area contributed by atoms with Crippen LogP contribution in [0.4, 0.5) is 9.59 Å². The van der Waals surface area contributed by atoms with Crippen molar-refractivity contribution < 1.29 is 14.3 Å². The Morgan fingerprint density at radius 1 is 1.09 bits per heavy atom. The predicted molar refractivity (Wildman–Crippen MR) is 76.7 cm³/mol. The molecule has 10 nitrogen and oxygen atoms in total. The molecule has 0 aromatic heterocycles. The van der Waals surface area contributed by atoms with Gasteiger partial charge in [0.25, 0.3) is 0 Å². The number of hydrogen-bond donors (Lipinski definition) is 1. The Balaban J connectivity index is 2.45. The number of nitrogens with zero attached hydrogens (tertiary/aromatic N) is 4. The number of carbonyl (C=O) groups excluding carboxylic acids is 2. The van der Waals surface area contributed by atoms with E-state index in [1.807, 2.05) is 0 Å². The zero-order valence-electron chi connectivity index (χ0n) is 12.1. The smallest absolute Gasteiger partial charge is 0.409 e. The summed E-state index contributed by atoms with van der Waals surface area (Å²) in [6.07, 6.45) is -0.373. The number of benzene rings is 1. The Hall–Kier alpha value is -3.04. The highest BCUT2D eigenvalue weighted by Gasteiger charge is 2.11. The summed E-state index contributed by atoms with van der Waals surface area (Å²) in [4.78, 5) is 42.8. The van der Waals surface area contributed by atoms with E-state index in [1.165, 1.54) is 14.1 Å². The summed E-state index contributed by atoms with van der Waals surface area (Å²) < 4.78 is 4.88. The van der Waals surface area contributed by atoms with Gasteiger partial charge in [-0.3, -0.25) is 0 Å². The van der Waals surface area contributed by atoms with Crippen molar-refractivity contribution in [2.75, 3.05) is 20.6 Å². The van der Waals surface area contributed by atoms with Gasteiger partial charge in [-0.15, -0.1) is 9.81 Å². The first-order valence-corrected chi connectivity index (χ1v) is 6.20. The van der Waals surface area contributed by atoms with E-state index < -0.39 is 12.1 Å². The molecule has 1 N–H and O–H groups in total. The molecule has 22 heavy (non-hydrogen) atoms. The van der Waals surface area contributed by atoms with Crippen LogP contribution in [0.5, 0.6) is 5.75 Å². The normalized spacial score (nSPS) is 9.55. The molecule has 0 saturated carbocycles. The summed E-state index contributed by atoms with van der Waals surface area (Å²) >= 11 is 0. The van der Waals surface area contributed by atoms with Crippen LogP contribution in [0.1, 0.15) is 5.56 Å². The van der Waals surface area contributed by atoms with Gasteiger partial charge in [-0.2, -0.15) is 10.0 Å². The highest BCUT2D eigenvalue weighted by Crippen LogP contribution is 2.13. The lowest BCUT2D eigenvalue weighted by molar-refractivity contribution is 0.164. The third-order valence-electron chi connectivity index (χ3n) is 2.62. The first-order valence-electron chi connectivity index (χ1n) is 6.20. The van der Waals surface area contributed by atoms with Gasteiger partial charge in [-0.1, -0.05) is 12.1 Å². The second-order valence-electron chi connectivity index (χ2n) is 4.20. The predicted octanol–water partition coefficient (Wildman–Crippen LogP) is 1.66. The zero-order chi connectivity index (χ0) is 16.5. The average Bonchev–Trinajstić information content (AvgIpc) is 2.54. The van der Waals surface area contributed by atoms with E-state index in [4.69, 9.17) is 4.74 Å². The Bertz CT molecular complexity index is 547. The van der Waals surface area contributed by atoms with Crippen LogP contribution in [0, 0.1) is 9.81 Å². The zero-order valence-corrected chi connectivity index (χ0v) is 12.1. The van der Waals surface area contributed by atoms with Crippen LogP contribution in [0.2, 0.25) is 0 Å². The van der Waals surface area contributed by atoms with Crippen molar-refractivity contribution in [3.8, 4) is 5.75 Å². The van der Waals surface area contributed by atoms with Crippen molar-refractivity contribution in [1.82, 2.24) is 15.3 Å². The second-order valence-corrected chi connectivity index (χ2v) is 4.20. The number of carbonyl (C=O) groups is 2. The number of rotatable bonds is 6. The van der Waals surface area contributed by atoms with Crippen LogP contribution in [-0.4, -0.2) is 42.8 Å². The minimum Gasteiger partial charge on any atom is -0.409 e. The molecule has 0 aliphatic rings. The summed E-state index contributed by atoms with van der Waals surface area (Å²) in [6, 6.07) is 5.90. The molecule has 0 unspecified atom stereocenters. The van der Waals surface area contributed by atoms with E-state index >= 15 is 0 Å². The summed E-state index contributed by atoms with van der Waals surface area (Å²) in [5, 5.41) is 8.57. The van der Waals surface area contributed by atoms with E-state index in [-0.39, 0.29) is 5.75 Å². The standard InChI is InChI=1S/C12H15N5O5/c1-16(14-20)11(18)13-8-7-9-3-5-10(6-4-9)22-12(19)17(2)15-21/h3-6H,7-8H2,1-2H3,(H,13,18). The van der Waals surface area contributed by atoms with E-state index in [0.717, 1.165) is 5.56 Å². The summed E-state index contributed by atoms with van der Waals surface area (Å²) in [6.45, 7) is 0.315. The van der Waals surface area contributed by atoms with E-state index in [2.05, 4.69) is 15.9 Å². The average molecular weight is 309 g/mol. The fraction of sp³-hybridized carbons (Fsp3) is 0.333. The van der Waals surface area contributed by atoms with Gasteiger partial charge >= 0.3 is 12.1 Å². The quantitative estimate of drug-likeness (QED) is 0.632. The fourth-order valence-corrected chi connectivity index (χ4v) is 1.39. The highest BCUT2D eigenvalue weighted by atomic mass is 16.6.